The van der Waals surface area contributed by atoms with Crippen molar-refractivity contribution in [3.63, 3.8) is 0 Å². The Balaban J connectivity index is 2.01. The molecular weight excluding hydrogens is 293 g/mol. The maximum absolute atomic E-state index is 6.50. The van der Waals surface area contributed by atoms with E-state index in [-0.39, 0.29) is 6.04 Å². The molecule has 2 heterocycles. The molecule has 1 unspecified atom stereocenters. The second kappa shape index (κ2) is 5.40. The van der Waals surface area contributed by atoms with Gasteiger partial charge in [0.15, 0.2) is 0 Å². The van der Waals surface area contributed by atoms with Gasteiger partial charge >= 0.3 is 0 Å². The third-order valence-electron chi connectivity index (χ3n) is 3.83. The van der Waals surface area contributed by atoms with Crippen LogP contribution in [0.15, 0.2) is 30.3 Å². The van der Waals surface area contributed by atoms with E-state index in [4.69, 9.17) is 23.4 Å². The first kappa shape index (κ1) is 13.9. The molecule has 3 nitrogen and oxygen atoms in total. The van der Waals surface area contributed by atoms with Crippen LogP contribution in [0.4, 0.5) is 0 Å². The van der Waals surface area contributed by atoms with Gasteiger partial charge < -0.3 is 0 Å². The SMILES string of the molecule is CC(C)C1Cn2nc(-c3ccccc3)c(Cl)c2CN1Cl. The van der Waals surface area contributed by atoms with E-state index >= 15 is 0 Å². The summed E-state index contributed by atoms with van der Waals surface area (Å²) in [5, 5.41) is 5.40. The third kappa shape index (κ3) is 2.34. The largest absolute Gasteiger partial charge is 0.264 e. The Kier molecular flexibility index (Phi) is 3.76. The molecule has 0 radical (unpaired) electrons. The fourth-order valence-corrected chi connectivity index (χ4v) is 3.32. The highest BCUT2D eigenvalue weighted by Crippen LogP contribution is 2.35. The number of hydrogen-bond donors (Lipinski definition) is 0. The molecule has 1 atom stereocenters. The summed E-state index contributed by atoms with van der Waals surface area (Å²) in [4.78, 5) is 0. The fourth-order valence-electron chi connectivity index (χ4n) is 2.62. The molecule has 2 aromatic rings. The van der Waals surface area contributed by atoms with Crippen molar-refractivity contribution in [2.24, 2.45) is 5.92 Å². The van der Waals surface area contributed by atoms with Crippen LogP contribution < -0.4 is 0 Å². The predicted octanol–water partition coefficient (Wildman–Crippen LogP) is 4.20. The third-order valence-corrected chi connectivity index (χ3v) is 4.60. The van der Waals surface area contributed by atoms with Crippen LogP contribution >= 0.6 is 23.4 Å². The van der Waals surface area contributed by atoms with Gasteiger partial charge in [0.25, 0.3) is 0 Å². The van der Waals surface area contributed by atoms with Gasteiger partial charge in [0.05, 0.1) is 23.8 Å². The van der Waals surface area contributed by atoms with E-state index in [1.807, 2.05) is 39.4 Å². The molecule has 0 spiro atoms. The van der Waals surface area contributed by atoms with Crippen LogP contribution in [0.5, 0.6) is 0 Å². The van der Waals surface area contributed by atoms with Gasteiger partial charge in [-0.1, -0.05) is 55.8 Å². The molecule has 0 N–H and O–H groups in total. The highest BCUT2D eigenvalue weighted by atomic mass is 35.5. The van der Waals surface area contributed by atoms with Gasteiger partial charge in [0.2, 0.25) is 0 Å². The molecular formula is C15H17Cl2N3. The molecule has 0 aliphatic carbocycles. The number of benzene rings is 1. The zero-order valence-electron chi connectivity index (χ0n) is 11.6. The lowest BCUT2D eigenvalue weighted by Gasteiger charge is -2.33. The topological polar surface area (TPSA) is 21.1 Å². The van der Waals surface area contributed by atoms with Crippen LogP contribution in [0, 0.1) is 5.92 Å². The molecule has 1 aliphatic rings. The summed E-state index contributed by atoms with van der Waals surface area (Å²) in [6, 6.07) is 10.3. The second-order valence-electron chi connectivity index (χ2n) is 5.53. The Morgan fingerprint density at radius 1 is 1.25 bits per heavy atom. The lowest BCUT2D eigenvalue weighted by Crippen LogP contribution is -2.41. The Bertz CT molecular complexity index is 607. The Labute approximate surface area is 129 Å². The molecule has 1 aromatic carbocycles. The molecule has 3 rings (SSSR count). The zero-order valence-corrected chi connectivity index (χ0v) is 13.1. The van der Waals surface area contributed by atoms with E-state index in [2.05, 4.69) is 18.9 Å². The van der Waals surface area contributed by atoms with Crippen molar-refractivity contribution in [1.82, 2.24) is 14.2 Å². The summed E-state index contributed by atoms with van der Waals surface area (Å²) >= 11 is 12.9. The summed E-state index contributed by atoms with van der Waals surface area (Å²) in [7, 11) is 0. The van der Waals surface area contributed by atoms with Crippen LogP contribution in [0.25, 0.3) is 11.3 Å². The fraction of sp³-hybridized carbons (Fsp3) is 0.400. The Morgan fingerprint density at radius 3 is 2.60 bits per heavy atom. The van der Waals surface area contributed by atoms with Gasteiger partial charge in [-0.3, -0.25) is 4.68 Å². The van der Waals surface area contributed by atoms with Crippen molar-refractivity contribution in [1.29, 1.82) is 0 Å². The quantitative estimate of drug-likeness (QED) is 0.775. The van der Waals surface area contributed by atoms with Crippen LogP contribution in [-0.2, 0) is 13.1 Å². The number of halogens is 2. The van der Waals surface area contributed by atoms with Crippen molar-refractivity contribution in [2.45, 2.75) is 33.0 Å². The molecule has 0 saturated heterocycles. The molecule has 1 aromatic heterocycles. The van der Waals surface area contributed by atoms with Gasteiger partial charge in [-0.2, -0.15) is 5.10 Å². The predicted molar refractivity (Wildman–Crippen MR) is 82.7 cm³/mol. The normalized spacial score (nSPS) is 19.4. The summed E-state index contributed by atoms with van der Waals surface area (Å²) in [6.07, 6.45) is 0. The van der Waals surface area contributed by atoms with E-state index < -0.39 is 0 Å². The first-order valence-electron chi connectivity index (χ1n) is 6.81. The van der Waals surface area contributed by atoms with Crippen molar-refractivity contribution in [2.75, 3.05) is 0 Å². The number of hydrogen-bond acceptors (Lipinski definition) is 2. The van der Waals surface area contributed by atoms with Crippen LogP contribution in [-0.4, -0.2) is 20.2 Å². The minimum atomic E-state index is 0.281. The first-order chi connectivity index (χ1) is 9.58. The molecule has 0 saturated carbocycles. The van der Waals surface area contributed by atoms with E-state index in [0.29, 0.717) is 17.5 Å². The van der Waals surface area contributed by atoms with Crippen molar-refractivity contribution in [3.8, 4) is 11.3 Å². The average Bonchev–Trinajstić information content (AvgIpc) is 2.76. The van der Waals surface area contributed by atoms with Gasteiger partial charge in [0.1, 0.15) is 5.69 Å². The standard InChI is InChI=1S/C15H17Cl2N3/c1-10(2)12-9-20-13(8-19(12)17)14(16)15(18-20)11-6-4-3-5-7-11/h3-7,10,12H,8-9H2,1-2H3. The Morgan fingerprint density at radius 2 is 1.95 bits per heavy atom. The molecule has 20 heavy (non-hydrogen) atoms. The summed E-state index contributed by atoms with van der Waals surface area (Å²) < 4.78 is 3.86. The summed E-state index contributed by atoms with van der Waals surface area (Å²) in [5.41, 5.74) is 2.88. The van der Waals surface area contributed by atoms with Crippen LogP contribution in [0.3, 0.4) is 0 Å². The Hall–Kier alpha value is -1.03. The number of nitrogens with zero attached hydrogens (tertiary/aromatic N) is 3. The maximum atomic E-state index is 6.50. The molecule has 5 heteroatoms. The number of rotatable bonds is 2. The van der Waals surface area contributed by atoms with E-state index in [0.717, 1.165) is 23.5 Å². The van der Waals surface area contributed by atoms with E-state index in [1.165, 1.54) is 0 Å². The highest BCUT2D eigenvalue weighted by molar-refractivity contribution is 6.33. The lowest BCUT2D eigenvalue weighted by atomic mass is 10.0. The minimum Gasteiger partial charge on any atom is -0.264 e. The number of aromatic nitrogens is 2. The number of fused-ring (bicyclic) bond motifs is 1. The molecule has 106 valence electrons. The maximum Gasteiger partial charge on any atom is 0.111 e. The van der Waals surface area contributed by atoms with Crippen molar-refractivity contribution >= 4 is 23.4 Å². The van der Waals surface area contributed by atoms with Crippen molar-refractivity contribution in [3.05, 3.63) is 41.0 Å². The molecule has 0 bridgehead atoms. The zero-order chi connectivity index (χ0) is 14.3. The minimum absolute atomic E-state index is 0.281. The average molecular weight is 310 g/mol. The molecule has 0 amide bonds. The first-order valence-corrected chi connectivity index (χ1v) is 7.52. The van der Waals surface area contributed by atoms with Crippen molar-refractivity contribution < 1.29 is 0 Å². The summed E-state index contributed by atoms with van der Waals surface area (Å²) in [5.74, 6) is 0.476. The monoisotopic (exact) mass is 309 g/mol. The van der Waals surface area contributed by atoms with E-state index in [1.54, 1.807) is 0 Å². The molecule has 1 aliphatic heterocycles. The smallest absolute Gasteiger partial charge is 0.111 e. The van der Waals surface area contributed by atoms with Crippen LogP contribution in [0.1, 0.15) is 19.5 Å². The molecule has 0 fully saturated rings. The lowest BCUT2D eigenvalue weighted by molar-refractivity contribution is 0.192. The van der Waals surface area contributed by atoms with Crippen LogP contribution in [0.2, 0.25) is 5.02 Å². The van der Waals surface area contributed by atoms with Gasteiger partial charge in [-0.15, -0.1) is 0 Å². The van der Waals surface area contributed by atoms with Gasteiger partial charge in [-0.25, -0.2) is 4.42 Å². The second-order valence-corrected chi connectivity index (χ2v) is 6.34. The highest BCUT2D eigenvalue weighted by Gasteiger charge is 2.31. The summed E-state index contributed by atoms with van der Waals surface area (Å²) in [6.45, 7) is 5.76. The van der Waals surface area contributed by atoms with Gasteiger partial charge in [-0.05, 0) is 17.7 Å². The van der Waals surface area contributed by atoms with E-state index in [9.17, 15) is 0 Å². The van der Waals surface area contributed by atoms with Gasteiger partial charge in [0, 0.05) is 11.6 Å².